The number of hydrogen-bond acceptors (Lipinski definition) is 7. The van der Waals surface area contributed by atoms with Gasteiger partial charge in [-0.3, -0.25) is 4.79 Å². The summed E-state index contributed by atoms with van der Waals surface area (Å²) < 4.78 is 66.0. The average molecular weight is 545 g/mol. The van der Waals surface area contributed by atoms with Gasteiger partial charge in [-0.05, 0) is 48.7 Å². The number of esters is 1. The summed E-state index contributed by atoms with van der Waals surface area (Å²) in [5, 5.41) is 2.98. The molecule has 1 aromatic heterocycles. The van der Waals surface area contributed by atoms with Crippen molar-refractivity contribution in [2.75, 3.05) is 25.1 Å². The molecule has 39 heavy (non-hydrogen) atoms. The van der Waals surface area contributed by atoms with Crippen molar-refractivity contribution in [3.63, 3.8) is 0 Å². The molecular weight excluding hydrogens is 522 g/mol. The second-order valence-electron chi connectivity index (χ2n) is 9.30. The molecule has 8 nitrogen and oxygen atoms in total. The number of halogens is 4. The number of nitrogens with one attached hydrogen (secondary N) is 1. The summed E-state index contributed by atoms with van der Waals surface area (Å²) in [4.78, 5) is 30.8. The highest BCUT2D eigenvalue weighted by molar-refractivity contribution is 5.99. The largest absolute Gasteiger partial charge is 0.573 e. The molecular formula is C27H23F4N3O5. The highest BCUT2D eigenvalue weighted by atomic mass is 19.4. The third-order valence-electron chi connectivity index (χ3n) is 6.53. The second-order valence-corrected chi connectivity index (χ2v) is 9.30. The van der Waals surface area contributed by atoms with Crippen LogP contribution in [0, 0.1) is 5.82 Å². The van der Waals surface area contributed by atoms with Crippen LogP contribution in [0.5, 0.6) is 11.5 Å². The number of nitrogens with zero attached hydrogens (tertiary/aromatic N) is 2. The molecule has 1 aliphatic heterocycles. The maximum atomic E-state index is 14.1. The van der Waals surface area contributed by atoms with Crippen molar-refractivity contribution in [1.82, 2.24) is 10.3 Å². The minimum atomic E-state index is -4.82. The topological polar surface area (TPSA) is 90.0 Å². The molecule has 1 amide bonds. The van der Waals surface area contributed by atoms with E-state index in [1.807, 2.05) is 0 Å². The van der Waals surface area contributed by atoms with E-state index < -0.39 is 41.4 Å². The minimum Gasteiger partial charge on any atom is -0.487 e. The van der Waals surface area contributed by atoms with Gasteiger partial charge in [0.2, 0.25) is 0 Å². The first kappa shape index (κ1) is 26.3. The number of aromatic nitrogens is 1. The van der Waals surface area contributed by atoms with Gasteiger partial charge in [-0.1, -0.05) is 18.2 Å². The van der Waals surface area contributed by atoms with Crippen LogP contribution in [-0.2, 0) is 10.3 Å². The summed E-state index contributed by atoms with van der Waals surface area (Å²) in [5.41, 5.74) is 0.601. The first-order valence-corrected chi connectivity index (χ1v) is 12.0. The van der Waals surface area contributed by atoms with Gasteiger partial charge in [0.15, 0.2) is 0 Å². The summed E-state index contributed by atoms with van der Waals surface area (Å²) in [6.45, 7) is 0.562. The van der Waals surface area contributed by atoms with Gasteiger partial charge in [-0.25, -0.2) is 14.2 Å². The average Bonchev–Trinajstić information content (AvgIpc) is 3.65. The number of alkyl halides is 3. The molecule has 1 N–H and O–H groups in total. The lowest BCUT2D eigenvalue weighted by molar-refractivity contribution is -0.274. The van der Waals surface area contributed by atoms with Crippen molar-refractivity contribution in [2.24, 2.45) is 0 Å². The molecule has 1 saturated carbocycles. The van der Waals surface area contributed by atoms with Gasteiger partial charge in [0.25, 0.3) is 5.91 Å². The van der Waals surface area contributed by atoms with Crippen LogP contribution in [0.25, 0.3) is 0 Å². The number of rotatable bonds is 8. The Hall–Kier alpha value is -4.35. The van der Waals surface area contributed by atoms with E-state index in [1.165, 1.54) is 25.3 Å². The van der Waals surface area contributed by atoms with E-state index in [9.17, 15) is 27.2 Å². The van der Waals surface area contributed by atoms with E-state index in [2.05, 4.69) is 15.0 Å². The number of ether oxygens (including phenoxy) is 3. The van der Waals surface area contributed by atoms with Gasteiger partial charge >= 0.3 is 12.3 Å². The molecule has 1 aliphatic carbocycles. The monoisotopic (exact) mass is 545 g/mol. The molecule has 2 aromatic carbocycles. The predicted molar refractivity (Wildman–Crippen MR) is 130 cm³/mol. The van der Waals surface area contributed by atoms with Crippen molar-refractivity contribution in [1.29, 1.82) is 0 Å². The molecule has 2 fully saturated rings. The Bertz CT molecular complexity index is 1390. The molecule has 204 valence electrons. The van der Waals surface area contributed by atoms with Gasteiger partial charge < -0.3 is 24.4 Å². The molecule has 0 atom stereocenters. The summed E-state index contributed by atoms with van der Waals surface area (Å²) in [6.07, 6.45) is -2.85. The van der Waals surface area contributed by atoms with Crippen molar-refractivity contribution in [3.05, 3.63) is 83.3 Å². The summed E-state index contributed by atoms with van der Waals surface area (Å²) in [5.74, 6) is -1.59. The normalized spacial score (nSPS) is 16.2. The first-order valence-electron chi connectivity index (χ1n) is 12.0. The van der Waals surface area contributed by atoms with Gasteiger partial charge in [0, 0.05) is 6.07 Å². The van der Waals surface area contributed by atoms with Crippen LogP contribution in [0.1, 0.15) is 39.1 Å². The van der Waals surface area contributed by atoms with Crippen molar-refractivity contribution in [2.45, 2.75) is 30.8 Å². The second kappa shape index (κ2) is 10.1. The SMILES string of the molecule is COC(=O)c1ccc(C2(NC(=O)c3cc(F)cnc3N3CC(Oc4cccc(OC(F)(F)F)c4)C3)CC2)cc1. The van der Waals surface area contributed by atoms with Crippen LogP contribution in [-0.4, -0.2) is 49.5 Å². The molecule has 0 radical (unpaired) electrons. The zero-order chi connectivity index (χ0) is 27.8. The van der Waals surface area contributed by atoms with E-state index in [0.717, 1.165) is 23.9 Å². The maximum Gasteiger partial charge on any atom is 0.573 e. The maximum absolute atomic E-state index is 14.1. The fourth-order valence-electron chi connectivity index (χ4n) is 4.41. The molecule has 0 unspecified atom stereocenters. The minimum absolute atomic E-state index is 0.0477. The van der Waals surface area contributed by atoms with E-state index in [1.54, 1.807) is 29.2 Å². The van der Waals surface area contributed by atoms with Crippen LogP contribution in [0.2, 0.25) is 0 Å². The van der Waals surface area contributed by atoms with Crippen molar-refractivity contribution < 1.29 is 41.4 Å². The molecule has 3 aromatic rings. The molecule has 2 aliphatic rings. The number of carbonyl (C=O) groups excluding carboxylic acids is 2. The van der Waals surface area contributed by atoms with E-state index in [4.69, 9.17) is 9.47 Å². The van der Waals surface area contributed by atoms with E-state index in [0.29, 0.717) is 18.4 Å². The fraction of sp³-hybridized carbons (Fsp3) is 0.296. The predicted octanol–water partition coefficient (Wildman–Crippen LogP) is 4.59. The Morgan fingerprint density at radius 2 is 1.74 bits per heavy atom. The standard InChI is InChI=1S/C27H23F4N3O5/c1-37-25(36)16-5-7-17(8-6-16)26(9-10-26)33-24(35)22-11-18(28)13-32-23(22)34-14-21(15-34)38-19-3-2-4-20(12-19)39-27(29,30)31/h2-8,11-13,21H,9-10,14-15H2,1H3,(H,33,35). The number of hydrogen-bond donors (Lipinski definition) is 1. The van der Waals surface area contributed by atoms with Crippen LogP contribution < -0.4 is 19.7 Å². The Labute approximate surface area is 220 Å². The van der Waals surface area contributed by atoms with Gasteiger partial charge in [-0.15, -0.1) is 13.2 Å². The highest BCUT2D eigenvalue weighted by Gasteiger charge is 2.46. The van der Waals surface area contributed by atoms with Crippen LogP contribution >= 0.6 is 0 Å². The number of carbonyl (C=O) groups is 2. The van der Waals surface area contributed by atoms with Gasteiger partial charge in [-0.2, -0.15) is 0 Å². The van der Waals surface area contributed by atoms with E-state index in [-0.39, 0.29) is 30.2 Å². The zero-order valence-electron chi connectivity index (χ0n) is 20.6. The Morgan fingerprint density at radius 3 is 2.38 bits per heavy atom. The lowest BCUT2D eigenvalue weighted by Gasteiger charge is -2.40. The Morgan fingerprint density at radius 1 is 1.05 bits per heavy atom. The highest BCUT2D eigenvalue weighted by Crippen LogP contribution is 2.46. The number of amides is 1. The molecule has 12 heteroatoms. The molecule has 1 saturated heterocycles. The van der Waals surface area contributed by atoms with Crippen molar-refractivity contribution >= 4 is 17.7 Å². The van der Waals surface area contributed by atoms with Crippen LogP contribution in [0.15, 0.2) is 60.8 Å². The quantitative estimate of drug-likeness (QED) is 0.327. The van der Waals surface area contributed by atoms with Crippen LogP contribution in [0.3, 0.4) is 0 Å². The molecule has 0 spiro atoms. The fourth-order valence-corrected chi connectivity index (χ4v) is 4.41. The zero-order valence-corrected chi connectivity index (χ0v) is 20.6. The summed E-state index contributed by atoms with van der Waals surface area (Å²) in [6, 6.07) is 13.0. The number of benzene rings is 2. The lowest BCUT2D eigenvalue weighted by atomic mass is 10.0. The molecule has 5 rings (SSSR count). The van der Waals surface area contributed by atoms with Crippen molar-refractivity contribution in [3.8, 4) is 11.5 Å². The number of methoxy groups -OCH3 is 1. The molecule has 0 bridgehead atoms. The van der Waals surface area contributed by atoms with E-state index >= 15 is 0 Å². The summed E-state index contributed by atoms with van der Waals surface area (Å²) >= 11 is 0. The van der Waals surface area contributed by atoms with Crippen LogP contribution in [0.4, 0.5) is 23.4 Å². The molecule has 2 heterocycles. The first-order chi connectivity index (χ1) is 18.5. The Balaban J connectivity index is 1.25. The number of anilines is 1. The summed E-state index contributed by atoms with van der Waals surface area (Å²) in [7, 11) is 1.29. The third-order valence-corrected chi connectivity index (χ3v) is 6.53. The third kappa shape index (κ3) is 5.89. The lowest BCUT2D eigenvalue weighted by Crippen LogP contribution is -2.55. The number of pyridine rings is 1. The van der Waals surface area contributed by atoms with Gasteiger partial charge in [0.05, 0.1) is 43.1 Å². The Kier molecular flexibility index (Phi) is 6.79. The smallest absolute Gasteiger partial charge is 0.487 e. The van der Waals surface area contributed by atoms with Gasteiger partial charge in [0.1, 0.15) is 29.2 Å².